The molecule has 1 amide bonds. The Morgan fingerprint density at radius 1 is 1.25 bits per heavy atom. The van der Waals surface area contributed by atoms with Gasteiger partial charge in [-0.1, -0.05) is 67.0 Å². The zero-order valence-corrected chi connectivity index (χ0v) is 14.4. The number of hydrogen-bond acceptors (Lipinski definition) is 1. The lowest BCUT2D eigenvalue weighted by Crippen LogP contribution is -2.43. The van der Waals surface area contributed by atoms with Crippen molar-refractivity contribution >= 4 is 21.8 Å². The number of nitrogens with one attached hydrogen (secondary N) is 1. The lowest BCUT2D eigenvalue weighted by atomic mass is 9.85. The van der Waals surface area contributed by atoms with Crippen molar-refractivity contribution in [2.24, 2.45) is 5.41 Å². The maximum absolute atomic E-state index is 12.0. The minimum Gasteiger partial charge on any atom is -0.353 e. The average Bonchev–Trinajstić information content (AvgIpc) is 2.38. The van der Waals surface area contributed by atoms with Gasteiger partial charge in [-0.25, -0.2) is 0 Å². The Balaban J connectivity index is 2.35. The topological polar surface area (TPSA) is 29.1 Å². The van der Waals surface area contributed by atoms with Gasteiger partial charge in [0, 0.05) is 17.8 Å². The highest BCUT2D eigenvalue weighted by atomic mass is 79.9. The SMILES string of the molecule is CC(C)(C)C(CCBr)NC(=O)CCCc1ccccc1. The summed E-state index contributed by atoms with van der Waals surface area (Å²) in [6.45, 7) is 6.51. The van der Waals surface area contributed by atoms with E-state index in [1.165, 1.54) is 5.56 Å². The third kappa shape index (κ3) is 6.56. The molecular weight excluding hydrogens is 314 g/mol. The van der Waals surface area contributed by atoms with E-state index in [2.05, 4.69) is 54.2 Å². The first-order chi connectivity index (χ1) is 9.43. The fraction of sp³-hybridized carbons (Fsp3) is 0.588. The molecule has 1 unspecified atom stereocenters. The number of rotatable bonds is 7. The molecule has 0 fully saturated rings. The summed E-state index contributed by atoms with van der Waals surface area (Å²) in [5, 5.41) is 4.09. The molecule has 0 saturated carbocycles. The van der Waals surface area contributed by atoms with Crippen LogP contribution < -0.4 is 5.32 Å². The quantitative estimate of drug-likeness (QED) is 0.736. The summed E-state index contributed by atoms with van der Waals surface area (Å²) >= 11 is 3.46. The molecule has 0 radical (unpaired) electrons. The van der Waals surface area contributed by atoms with Gasteiger partial charge in [-0.05, 0) is 30.2 Å². The number of alkyl halides is 1. The number of hydrogen-bond donors (Lipinski definition) is 1. The number of amides is 1. The van der Waals surface area contributed by atoms with E-state index in [9.17, 15) is 4.79 Å². The van der Waals surface area contributed by atoms with E-state index in [0.29, 0.717) is 6.42 Å². The highest BCUT2D eigenvalue weighted by Gasteiger charge is 2.25. The molecule has 0 heterocycles. The van der Waals surface area contributed by atoms with Gasteiger partial charge in [0.1, 0.15) is 0 Å². The fourth-order valence-corrected chi connectivity index (χ4v) is 2.65. The first-order valence-electron chi connectivity index (χ1n) is 7.32. The van der Waals surface area contributed by atoms with E-state index >= 15 is 0 Å². The Bertz CT molecular complexity index is 397. The highest BCUT2D eigenvalue weighted by molar-refractivity contribution is 9.09. The van der Waals surface area contributed by atoms with Crippen molar-refractivity contribution in [3.8, 4) is 0 Å². The number of halogens is 1. The second-order valence-corrected chi connectivity index (χ2v) is 7.10. The van der Waals surface area contributed by atoms with Crippen LogP contribution in [0.4, 0.5) is 0 Å². The zero-order chi connectivity index (χ0) is 15.0. The maximum atomic E-state index is 12.0. The standard InChI is InChI=1S/C17H26BrNO/c1-17(2,3)15(12-13-18)19-16(20)11-7-10-14-8-5-4-6-9-14/h4-6,8-9,15H,7,10-13H2,1-3H3,(H,19,20). The number of carbonyl (C=O) groups excluding carboxylic acids is 1. The third-order valence-corrected chi connectivity index (χ3v) is 3.95. The number of benzene rings is 1. The summed E-state index contributed by atoms with van der Waals surface area (Å²) in [6.07, 6.45) is 3.44. The predicted octanol–water partition coefficient (Wildman–Crippen LogP) is 4.33. The van der Waals surface area contributed by atoms with E-state index in [4.69, 9.17) is 0 Å². The molecule has 0 spiro atoms. The molecule has 1 aromatic carbocycles. The first-order valence-corrected chi connectivity index (χ1v) is 8.45. The van der Waals surface area contributed by atoms with Crippen LogP contribution in [-0.2, 0) is 11.2 Å². The molecule has 20 heavy (non-hydrogen) atoms. The lowest BCUT2D eigenvalue weighted by molar-refractivity contribution is -0.122. The summed E-state index contributed by atoms with van der Waals surface area (Å²) in [5.74, 6) is 0.168. The molecule has 1 N–H and O–H groups in total. The van der Waals surface area contributed by atoms with Crippen molar-refractivity contribution in [1.29, 1.82) is 0 Å². The van der Waals surface area contributed by atoms with Crippen molar-refractivity contribution in [3.63, 3.8) is 0 Å². The van der Waals surface area contributed by atoms with Gasteiger partial charge in [0.05, 0.1) is 0 Å². The Hall–Kier alpha value is -0.830. The van der Waals surface area contributed by atoms with Gasteiger partial charge >= 0.3 is 0 Å². The summed E-state index contributed by atoms with van der Waals surface area (Å²) < 4.78 is 0. The molecule has 0 aromatic heterocycles. The lowest BCUT2D eigenvalue weighted by Gasteiger charge is -2.31. The van der Waals surface area contributed by atoms with Crippen molar-refractivity contribution in [3.05, 3.63) is 35.9 Å². The normalized spacial score (nSPS) is 13.0. The molecule has 0 aliphatic heterocycles. The minimum atomic E-state index is 0.100. The van der Waals surface area contributed by atoms with E-state index in [1.54, 1.807) is 0 Å². The summed E-state index contributed by atoms with van der Waals surface area (Å²) in [4.78, 5) is 12.0. The Morgan fingerprint density at radius 2 is 1.90 bits per heavy atom. The Labute approximate surface area is 131 Å². The van der Waals surface area contributed by atoms with E-state index in [0.717, 1.165) is 24.6 Å². The third-order valence-electron chi connectivity index (χ3n) is 3.49. The molecule has 0 aliphatic carbocycles. The van der Waals surface area contributed by atoms with Gasteiger partial charge in [0.2, 0.25) is 5.91 Å². The van der Waals surface area contributed by atoms with E-state index < -0.39 is 0 Å². The highest BCUT2D eigenvalue weighted by Crippen LogP contribution is 2.22. The van der Waals surface area contributed by atoms with Crippen LogP contribution in [0, 0.1) is 5.41 Å². The second-order valence-electron chi connectivity index (χ2n) is 6.30. The van der Waals surface area contributed by atoms with Crippen molar-refractivity contribution in [2.45, 2.75) is 52.5 Å². The van der Waals surface area contributed by atoms with Crippen LogP contribution in [-0.4, -0.2) is 17.3 Å². The second kappa shape index (κ2) is 8.46. The van der Waals surface area contributed by atoms with Crippen molar-refractivity contribution < 1.29 is 4.79 Å². The molecule has 0 aliphatic rings. The molecule has 1 rings (SSSR count). The van der Waals surface area contributed by atoms with Crippen LogP contribution >= 0.6 is 15.9 Å². The monoisotopic (exact) mass is 339 g/mol. The molecular formula is C17H26BrNO. The Morgan fingerprint density at radius 3 is 2.45 bits per heavy atom. The summed E-state index contributed by atoms with van der Waals surface area (Å²) in [5.41, 5.74) is 1.40. The van der Waals surface area contributed by atoms with Gasteiger partial charge in [-0.3, -0.25) is 4.79 Å². The summed E-state index contributed by atoms with van der Waals surface area (Å²) in [6, 6.07) is 10.6. The molecule has 0 bridgehead atoms. The van der Waals surface area contributed by atoms with Crippen molar-refractivity contribution in [1.82, 2.24) is 5.32 Å². The van der Waals surface area contributed by atoms with Gasteiger partial charge in [0.15, 0.2) is 0 Å². The van der Waals surface area contributed by atoms with Crippen LogP contribution in [0.5, 0.6) is 0 Å². The minimum absolute atomic E-state index is 0.100. The Kier molecular flexibility index (Phi) is 7.28. The van der Waals surface area contributed by atoms with Crippen molar-refractivity contribution in [2.75, 3.05) is 5.33 Å². The zero-order valence-electron chi connectivity index (χ0n) is 12.8. The van der Waals surface area contributed by atoms with E-state index in [-0.39, 0.29) is 17.4 Å². The fourth-order valence-electron chi connectivity index (χ4n) is 2.20. The van der Waals surface area contributed by atoms with Crippen LogP contribution in [0.25, 0.3) is 0 Å². The molecule has 0 saturated heterocycles. The molecule has 1 aromatic rings. The van der Waals surface area contributed by atoms with Crippen LogP contribution in [0.2, 0.25) is 0 Å². The van der Waals surface area contributed by atoms with Gasteiger partial charge in [0.25, 0.3) is 0 Å². The molecule has 2 nitrogen and oxygen atoms in total. The van der Waals surface area contributed by atoms with E-state index in [1.807, 2.05) is 18.2 Å². The van der Waals surface area contributed by atoms with Crippen LogP contribution in [0.3, 0.4) is 0 Å². The average molecular weight is 340 g/mol. The number of carbonyl (C=O) groups is 1. The molecule has 3 heteroatoms. The van der Waals surface area contributed by atoms with Gasteiger partial charge < -0.3 is 5.32 Å². The van der Waals surface area contributed by atoms with Gasteiger partial charge in [-0.15, -0.1) is 0 Å². The van der Waals surface area contributed by atoms with Crippen LogP contribution in [0.1, 0.15) is 45.6 Å². The number of aryl methyl sites for hydroxylation is 1. The van der Waals surface area contributed by atoms with Gasteiger partial charge in [-0.2, -0.15) is 0 Å². The molecule has 1 atom stereocenters. The summed E-state index contributed by atoms with van der Waals surface area (Å²) in [7, 11) is 0. The molecule has 112 valence electrons. The predicted molar refractivity (Wildman–Crippen MR) is 89.2 cm³/mol. The maximum Gasteiger partial charge on any atom is 0.220 e. The smallest absolute Gasteiger partial charge is 0.220 e. The largest absolute Gasteiger partial charge is 0.353 e. The van der Waals surface area contributed by atoms with Crippen LogP contribution in [0.15, 0.2) is 30.3 Å². The first kappa shape index (κ1) is 17.2.